The van der Waals surface area contributed by atoms with Crippen LogP contribution in [-0.2, 0) is 11.8 Å². The second kappa shape index (κ2) is 8.08. The van der Waals surface area contributed by atoms with E-state index in [9.17, 15) is 9.59 Å². The number of rotatable bonds is 3. The van der Waals surface area contributed by atoms with E-state index >= 15 is 4.39 Å². The van der Waals surface area contributed by atoms with E-state index in [-0.39, 0.29) is 30.6 Å². The first kappa shape index (κ1) is 21.1. The fourth-order valence-electron chi connectivity index (χ4n) is 6.87. The maximum Gasteiger partial charge on any atom is 0.329 e. The minimum absolute atomic E-state index is 0.214. The molecule has 7 nitrogen and oxygen atoms in total. The standard InChI is InChI=1S/C25H32FN5O2/c1-29-22-12-19(15-5-7-18(8-6-15)30-13-16-3-2-4-17(16)14-30)21(26)11-20(22)24(28-29)31-10-9-23(32)27-25(31)33/h11-12,15-18H,2-10,13-14H2,1H3,(H,27,32,33). The normalized spacial score (nSPS) is 30.8. The molecule has 2 atom stereocenters. The molecule has 1 aromatic heterocycles. The van der Waals surface area contributed by atoms with Crippen molar-refractivity contribution in [3.8, 4) is 0 Å². The lowest BCUT2D eigenvalue weighted by atomic mass is 9.80. The molecule has 8 heteroatoms. The molecule has 4 fully saturated rings. The molecule has 1 aromatic carbocycles. The number of nitrogens with one attached hydrogen (secondary N) is 1. The Morgan fingerprint density at radius 3 is 2.45 bits per heavy atom. The minimum atomic E-state index is -0.500. The largest absolute Gasteiger partial charge is 0.329 e. The molecular formula is C25H32FN5O2. The van der Waals surface area contributed by atoms with Crippen molar-refractivity contribution in [1.82, 2.24) is 20.0 Å². The van der Waals surface area contributed by atoms with Gasteiger partial charge in [0.1, 0.15) is 5.82 Å². The summed E-state index contributed by atoms with van der Waals surface area (Å²) in [5.74, 6) is 1.96. The number of halogens is 1. The Morgan fingerprint density at radius 1 is 1.03 bits per heavy atom. The van der Waals surface area contributed by atoms with Crippen molar-refractivity contribution in [2.24, 2.45) is 18.9 Å². The van der Waals surface area contributed by atoms with Crippen LogP contribution in [0.3, 0.4) is 0 Å². The molecule has 3 heterocycles. The highest BCUT2D eigenvalue weighted by molar-refractivity contribution is 6.08. The number of urea groups is 1. The van der Waals surface area contributed by atoms with Crippen molar-refractivity contribution in [2.45, 2.75) is 63.3 Å². The van der Waals surface area contributed by atoms with Gasteiger partial charge in [-0.3, -0.25) is 24.6 Å². The number of benzene rings is 1. The van der Waals surface area contributed by atoms with Gasteiger partial charge in [0.2, 0.25) is 5.91 Å². The summed E-state index contributed by atoms with van der Waals surface area (Å²) in [6, 6.07) is 3.62. The van der Waals surface area contributed by atoms with Crippen LogP contribution in [0.2, 0.25) is 0 Å². The van der Waals surface area contributed by atoms with Crippen LogP contribution in [0, 0.1) is 17.7 Å². The van der Waals surface area contributed by atoms with Gasteiger partial charge in [-0.25, -0.2) is 9.18 Å². The van der Waals surface area contributed by atoms with Crippen LogP contribution in [0.4, 0.5) is 15.0 Å². The smallest absolute Gasteiger partial charge is 0.300 e. The number of nitrogens with zero attached hydrogens (tertiary/aromatic N) is 4. The summed E-state index contributed by atoms with van der Waals surface area (Å²) in [7, 11) is 1.82. The predicted molar refractivity (Wildman–Crippen MR) is 124 cm³/mol. The number of anilines is 1. The first-order valence-electron chi connectivity index (χ1n) is 12.5. The van der Waals surface area contributed by atoms with Gasteiger partial charge in [0.15, 0.2) is 5.82 Å². The number of imide groups is 1. The molecule has 0 radical (unpaired) electrons. The van der Waals surface area contributed by atoms with Gasteiger partial charge in [0, 0.05) is 44.5 Å². The maximum atomic E-state index is 15.4. The highest BCUT2D eigenvalue weighted by Gasteiger charge is 2.40. The number of carbonyl (C=O) groups is 2. The summed E-state index contributed by atoms with van der Waals surface area (Å²) in [5.41, 5.74) is 1.59. The molecular weight excluding hydrogens is 421 g/mol. The zero-order valence-electron chi connectivity index (χ0n) is 19.2. The summed E-state index contributed by atoms with van der Waals surface area (Å²) in [6.45, 7) is 2.80. The molecule has 1 N–H and O–H groups in total. The number of hydrogen-bond acceptors (Lipinski definition) is 4. The third-order valence-electron chi connectivity index (χ3n) is 8.67. The van der Waals surface area contributed by atoms with Crippen molar-refractivity contribution in [3.05, 3.63) is 23.5 Å². The van der Waals surface area contributed by atoms with E-state index in [0.29, 0.717) is 17.2 Å². The zero-order valence-corrected chi connectivity index (χ0v) is 19.2. The number of carbonyl (C=O) groups excluding carboxylic acids is 2. The average Bonchev–Trinajstić information content (AvgIpc) is 3.48. The zero-order chi connectivity index (χ0) is 22.7. The Kier molecular flexibility index (Phi) is 5.16. The van der Waals surface area contributed by atoms with Crippen LogP contribution < -0.4 is 10.2 Å². The molecule has 2 unspecified atom stereocenters. The van der Waals surface area contributed by atoms with Crippen LogP contribution in [0.5, 0.6) is 0 Å². The number of amides is 3. The predicted octanol–water partition coefficient (Wildman–Crippen LogP) is 3.92. The summed E-state index contributed by atoms with van der Waals surface area (Å²) in [5, 5.41) is 7.44. The lowest BCUT2D eigenvalue weighted by Crippen LogP contribution is -2.49. The van der Waals surface area contributed by atoms with Crippen molar-refractivity contribution < 1.29 is 14.0 Å². The Morgan fingerprint density at radius 2 is 1.76 bits per heavy atom. The van der Waals surface area contributed by atoms with Gasteiger partial charge in [0.05, 0.1) is 5.52 Å². The fourth-order valence-corrected chi connectivity index (χ4v) is 6.87. The molecule has 2 aliphatic carbocycles. The highest BCUT2D eigenvalue weighted by Crippen LogP contribution is 2.43. The Bertz CT molecular complexity index is 1090. The van der Waals surface area contributed by atoms with Gasteiger partial charge < -0.3 is 0 Å². The van der Waals surface area contributed by atoms with Crippen LogP contribution >= 0.6 is 0 Å². The summed E-state index contributed by atoms with van der Waals surface area (Å²) in [6.07, 6.45) is 8.74. The highest BCUT2D eigenvalue weighted by atomic mass is 19.1. The monoisotopic (exact) mass is 453 g/mol. The summed E-state index contributed by atoms with van der Waals surface area (Å²) in [4.78, 5) is 28.0. The molecule has 2 saturated carbocycles. The number of aromatic nitrogens is 2. The fraction of sp³-hybridized carbons (Fsp3) is 0.640. The molecule has 3 amide bonds. The maximum absolute atomic E-state index is 15.4. The topological polar surface area (TPSA) is 70.5 Å². The molecule has 2 aliphatic heterocycles. The first-order chi connectivity index (χ1) is 16.0. The first-order valence-corrected chi connectivity index (χ1v) is 12.5. The Hall–Kier alpha value is -2.48. The van der Waals surface area contributed by atoms with E-state index in [1.165, 1.54) is 43.3 Å². The lowest BCUT2D eigenvalue weighted by Gasteiger charge is -2.35. The van der Waals surface area contributed by atoms with Gasteiger partial charge >= 0.3 is 6.03 Å². The number of hydrogen-bond donors (Lipinski definition) is 1. The van der Waals surface area contributed by atoms with Crippen LogP contribution in [-0.4, -0.2) is 52.3 Å². The van der Waals surface area contributed by atoms with E-state index in [1.54, 1.807) is 4.68 Å². The molecule has 2 aromatic rings. The van der Waals surface area contributed by atoms with E-state index in [4.69, 9.17) is 0 Å². The average molecular weight is 454 g/mol. The van der Waals surface area contributed by atoms with Crippen molar-refractivity contribution >= 4 is 28.7 Å². The van der Waals surface area contributed by atoms with Gasteiger partial charge in [-0.2, -0.15) is 5.10 Å². The molecule has 4 aliphatic rings. The van der Waals surface area contributed by atoms with Gasteiger partial charge in [-0.1, -0.05) is 6.42 Å². The van der Waals surface area contributed by atoms with Crippen molar-refractivity contribution in [1.29, 1.82) is 0 Å². The summed E-state index contributed by atoms with van der Waals surface area (Å²) >= 11 is 0. The van der Waals surface area contributed by atoms with Crippen LogP contribution in [0.1, 0.15) is 62.8 Å². The van der Waals surface area contributed by atoms with E-state index in [0.717, 1.165) is 48.6 Å². The SMILES string of the molecule is Cn1nc(N2CCC(=O)NC2=O)c2cc(F)c(C3CCC(N4CC5CCCC5C4)CC3)cc21. The number of aryl methyl sites for hydroxylation is 1. The van der Waals surface area contributed by atoms with Gasteiger partial charge in [-0.15, -0.1) is 0 Å². The summed E-state index contributed by atoms with van der Waals surface area (Å²) < 4.78 is 17.1. The van der Waals surface area contributed by atoms with Crippen molar-refractivity contribution in [2.75, 3.05) is 24.5 Å². The van der Waals surface area contributed by atoms with Crippen molar-refractivity contribution in [3.63, 3.8) is 0 Å². The third kappa shape index (κ3) is 3.63. The Balaban J connectivity index is 1.20. The lowest BCUT2D eigenvalue weighted by molar-refractivity contribution is -0.120. The quantitative estimate of drug-likeness (QED) is 0.765. The van der Waals surface area contributed by atoms with E-state index in [1.807, 2.05) is 13.1 Å². The Labute approximate surface area is 193 Å². The minimum Gasteiger partial charge on any atom is -0.300 e. The number of likely N-dealkylation sites (tertiary alicyclic amines) is 1. The van der Waals surface area contributed by atoms with Crippen LogP contribution in [0.15, 0.2) is 12.1 Å². The third-order valence-corrected chi connectivity index (χ3v) is 8.67. The van der Waals surface area contributed by atoms with E-state index in [2.05, 4.69) is 15.3 Å². The molecule has 6 rings (SSSR count). The molecule has 0 bridgehead atoms. The molecule has 0 spiro atoms. The van der Waals surface area contributed by atoms with Crippen LogP contribution in [0.25, 0.3) is 10.9 Å². The van der Waals surface area contributed by atoms with E-state index < -0.39 is 6.03 Å². The molecule has 2 saturated heterocycles. The molecule has 176 valence electrons. The van der Waals surface area contributed by atoms with Gasteiger partial charge in [0.25, 0.3) is 0 Å². The molecule has 33 heavy (non-hydrogen) atoms. The second-order valence-electron chi connectivity index (χ2n) is 10.5. The number of fused-ring (bicyclic) bond motifs is 2. The second-order valence-corrected chi connectivity index (χ2v) is 10.5. The van der Waals surface area contributed by atoms with Gasteiger partial charge in [-0.05, 0) is 74.0 Å².